The monoisotopic (exact) mass is 278 g/mol. The third kappa shape index (κ3) is 2.76. The van der Waals surface area contributed by atoms with Crippen LogP contribution in [0.1, 0.15) is 10.4 Å². The first-order chi connectivity index (χ1) is 10.2. The van der Waals surface area contributed by atoms with Gasteiger partial charge < -0.3 is 11.1 Å². The van der Waals surface area contributed by atoms with E-state index >= 15 is 0 Å². The van der Waals surface area contributed by atoms with Crippen LogP contribution in [0.25, 0.3) is 5.69 Å². The molecule has 1 aromatic heterocycles. The number of benzene rings is 2. The topological polar surface area (TPSA) is 72.9 Å². The zero-order chi connectivity index (χ0) is 14.7. The number of nitrogen functional groups attached to an aromatic ring is 1. The van der Waals surface area contributed by atoms with Gasteiger partial charge in [-0.15, -0.1) is 0 Å². The molecular formula is C16H14N4O. The first-order valence-electron chi connectivity index (χ1n) is 6.50. The molecule has 3 N–H and O–H groups in total. The van der Waals surface area contributed by atoms with Gasteiger partial charge in [0.25, 0.3) is 5.91 Å². The third-order valence-corrected chi connectivity index (χ3v) is 3.06. The predicted octanol–water partition coefficient (Wildman–Crippen LogP) is 2.71. The summed E-state index contributed by atoms with van der Waals surface area (Å²) in [5.41, 5.74) is 7.79. The first kappa shape index (κ1) is 12.9. The number of carbonyl (C=O) groups is 1. The third-order valence-electron chi connectivity index (χ3n) is 3.06. The highest BCUT2D eigenvalue weighted by molar-refractivity contribution is 6.03. The highest BCUT2D eigenvalue weighted by Crippen LogP contribution is 2.17. The molecule has 0 atom stereocenters. The zero-order valence-electron chi connectivity index (χ0n) is 11.2. The van der Waals surface area contributed by atoms with Crippen LogP contribution < -0.4 is 11.1 Å². The molecule has 5 nitrogen and oxygen atoms in total. The summed E-state index contributed by atoms with van der Waals surface area (Å²) in [5.74, 6) is 0.432. The van der Waals surface area contributed by atoms with Gasteiger partial charge in [0.05, 0.1) is 11.9 Å². The number of aromatic nitrogens is 2. The van der Waals surface area contributed by atoms with Crippen molar-refractivity contribution in [2.24, 2.45) is 0 Å². The van der Waals surface area contributed by atoms with E-state index in [-0.39, 0.29) is 5.91 Å². The Labute approximate surface area is 122 Å². The Morgan fingerprint density at radius 3 is 2.43 bits per heavy atom. The second-order valence-corrected chi connectivity index (χ2v) is 4.54. The molecule has 3 aromatic rings. The average molecular weight is 278 g/mol. The fraction of sp³-hybridized carbons (Fsp3) is 0. The van der Waals surface area contributed by atoms with E-state index < -0.39 is 0 Å². The lowest BCUT2D eigenvalue weighted by atomic mass is 10.2. The summed E-state index contributed by atoms with van der Waals surface area (Å²) in [4.78, 5) is 12.2. The van der Waals surface area contributed by atoms with Crippen molar-refractivity contribution in [2.75, 3.05) is 11.1 Å². The first-order valence-corrected chi connectivity index (χ1v) is 6.50. The Hall–Kier alpha value is -3.08. The van der Waals surface area contributed by atoms with Gasteiger partial charge in [0, 0.05) is 17.3 Å². The number of anilines is 2. The van der Waals surface area contributed by atoms with E-state index in [1.54, 1.807) is 41.2 Å². The Balaban J connectivity index is 1.86. The van der Waals surface area contributed by atoms with Crippen LogP contribution in [0.15, 0.2) is 66.9 Å². The number of hydrogen-bond donors (Lipinski definition) is 2. The van der Waals surface area contributed by atoms with Crippen molar-refractivity contribution >= 4 is 17.4 Å². The Kier molecular flexibility index (Phi) is 3.39. The summed E-state index contributed by atoms with van der Waals surface area (Å²) in [6.45, 7) is 0. The molecule has 0 aliphatic heterocycles. The molecule has 3 rings (SSSR count). The Bertz CT molecular complexity index is 747. The van der Waals surface area contributed by atoms with Crippen molar-refractivity contribution < 1.29 is 4.79 Å². The molecule has 21 heavy (non-hydrogen) atoms. The zero-order valence-corrected chi connectivity index (χ0v) is 11.2. The maximum absolute atomic E-state index is 12.2. The second kappa shape index (κ2) is 5.50. The van der Waals surface area contributed by atoms with Gasteiger partial charge in [-0.1, -0.05) is 18.2 Å². The molecule has 5 heteroatoms. The molecule has 1 heterocycles. The van der Waals surface area contributed by atoms with E-state index in [0.29, 0.717) is 17.1 Å². The van der Waals surface area contributed by atoms with Crippen LogP contribution in [-0.4, -0.2) is 15.7 Å². The molecule has 104 valence electrons. The highest BCUT2D eigenvalue weighted by Gasteiger charge is 2.10. The minimum Gasteiger partial charge on any atom is -0.399 e. The standard InChI is InChI=1S/C16H14N4O/c17-13-6-8-14(9-7-13)20-15(10-11-18-20)19-16(21)12-4-2-1-3-5-12/h1-11H,17H2,(H,19,21). The molecule has 1 amide bonds. The van der Waals surface area contributed by atoms with Crippen LogP contribution in [0, 0.1) is 0 Å². The fourth-order valence-electron chi connectivity index (χ4n) is 2.00. The van der Waals surface area contributed by atoms with Crippen LogP contribution in [-0.2, 0) is 0 Å². The number of nitrogens with zero attached hydrogens (tertiary/aromatic N) is 2. The largest absolute Gasteiger partial charge is 0.399 e. The van der Waals surface area contributed by atoms with E-state index in [4.69, 9.17) is 5.73 Å². The van der Waals surface area contributed by atoms with E-state index in [9.17, 15) is 4.79 Å². The van der Waals surface area contributed by atoms with Gasteiger partial charge in [0.1, 0.15) is 5.82 Å². The van der Waals surface area contributed by atoms with Crippen LogP contribution in [0.2, 0.25) is 0 Å². The normalized spacial score (nSPS) is 10.3. The summed E-state index contributed by atoms with van der Waals surface area (Å²) in [6.07, 6.45) is 1.64. The number of hydrogen-bond acceptors (Lipinski definition) is 3. The van der Waals surface area contributed by atoms with E-state index in [1.807, 2.05) is 30.3 Å². The fourth-order valence-corrected chi connectivity index (χ4v) is 2.00. The number of nitrogens with two attached hydrogens (primary N) is 1. The molecule has 0 aliphatic carbocycles. The average Bonchev–Trinajstić information content (AvgIpc) is 2.97. The van der Waals surface area contributed by atoms with Crippen molar-refractivity contribution in [3.05, 3.63) is 72.4 Å². The van der Waals surface area contributed by atoms with Crippen LogP contribution in [0.4, 0.5) is 11.5 Å². The summed E-state index contributed by atoms with van der Waals surface area (Å²) < 4.78 is 1.65. The maximum Gasteiger partial charge on any atom is 0.256 e. The van der Waals surface area contributed by atoms with Crippen molar-refractivity contribution in [1.29, 1.82) is 0 Å². The molecule has 0 saturated carbocycles. The Morgan fingerprint density at radius 2 is 1.71 bits per heavy atom. The summed E-state index contributed by atoms with van der Waals surface area (Å²) in [7, 11) is 0. The summed E-state index contributed by atoms with van der Waals surface area (Å²) in [6, 6.07) is 18.1. The molecule has 2 aromatic carbocycles. The number of amides is 1. The quantitative estimate of drug-likeness (QED) is 0.723. The summed E-state index contributed by atoms with van der Waals surface area (Å²) in [5, 5.41) is 7.07. The van der Waals surface area contributed by atoms with Crippen LogP contribution >= 0.6 is 0 Å². The lowest BCUT2D eigenvalue weighted by Crippen LogP contribution is -2.15. The maximum atomic E-state index is 12.2. The lowest BCUT2D eigenvalue weighted by molar-refractivity contribution is 0.102. The minimum atomic E-state index is -0.173. The molecule has 0 radical (unpaired) electrons. The van der Waals surface area contributed by atoms with Crippen molar-refractivity contribution in [3.8, 4) is 5.69 Å². The second-order valence-electron chi connectivity index (χ2n) is 4.54. The van der Waals surface area contributed by atoms with Gasteiger partial charge in [-0.05, 0) is 36.4 Å². The van der Waals surface area contributed by atoms with Gasteiger partial charge >= 0.3 is 0 Å². The van der Waals surface area contributed by atoms with Crippen molar-refractivity contribution in [1.82, 2.24) is 9.78 Å². The van der Waals surface area contributed by atoms with Gasteiger partial charge in [-0.25, -0.2) is 4.68 Å². The van der Waals surface area contributed by atoms with Gasteiger partial charge in [0.2, 0.25) is 0 Å². The smallest absolute Gasteiger partial charge is 0.256 e. The van der Waals surface area contributed by atoms with E-state index in [1.165, 1.54) is 0 Å². The van der Waals surface area contributed by atoms with Crippen LogP contribution in [0.3, 0.4) is 0 Å². The van der Waals surface area contributed by atoms with Gasteiger partial charge in [-0.2, -0.15) is 5.10 Å². The number of nitrogens with one attached hydrogen (secondary N) is 1. The molecule has 0 spiro atoms. The lowest BCUT2D eigenvalue weighted by Gasteiger charge is -2.09. The predicted molar refractivity (Wildman–Crippen MR) is 82.4 cm³/mol. The van der Waals surface area contributed by atoms with Crippen LogP contribution in [0.5, 0.6) is 0 Å². The summed E-state index contributed by atoms with van der Waals surface area (Å²) >= 11 is 0. The van der Waals surface area contributed by atoms with E-state index in [0.717, 1.165) is 5.69 Å². The SMILES string of the molecule is Nc1ccc(-n2nccc2NC(=O)c2ccccc2)cc1. The van der Waals surface area contributed by atoms with Crippen molar-refractivity contribution in [3.63, 3.8) is 0 Å². The number of carbonyl (C=O) groups excluding carboxylic acids is 1. The molecular weight excluding hydrogens is 264 g/mol. The van der Waals surface area contributed by atoms with Gasteiger partial charge in [-0.3, -0.25) is 4.79 Å². The minimum absolute atomic E-state index is 0.173. The number of rotatable bonds is 3. The molecule has 0 bridgehead atoms. The molecule has 0 unspecified atom stereocenters. The Morgan fingerprint density at radius 1 is 1.00 bits per heavy atom. The van der Waals surface area contributed by atoms with E-state index in [2.05, 4.69) is 10.4 Å². The molecule has 0 saturated heterocycles. The molecule has 0 fully saturated rings. The van der Waals surface area contributed by atoms with Gasteiger partial charge in [0.15, 0.2) is 0 Å². The highest BCUT2D eigenvalue weighted by atomic mass is 16.1. The molecule has 0 aliphatic rings. The van der Waals surface area contributed by atoms with Crippen molar-refractivity contribution in [2.45, 2.75) is 0 Å².